The van der Waals surface area contributed by atoms with Crippen LogP contribution in [0.25, 0.3) is 21.6 Å². The lowest BCUT2D eigenvalue weighted by Crippen LogP contribution is -2.24. The van der Waals surface area contributed by atoms with Crippen LogP contribution in [0.4, 0.5) is 0 Å². The first-order chi connectivity index (χ1) is 10.8. The molecule has 4 heterocycles. The van der Waals surface area contributed by atoms with Gasteiger partial charge >= 0.3 is 0 Å². The second kappa shape index (κ2) is 5.44. The summed E-state index contributed by atoms with van der Waals surface area (Å²) in [4.78, 5) is 10.0. The summed E-state index contributed by atoms with van der Waals surface area (Å²) in [7, 11) is 0. The van der Waals surface area contributed by atoms with E-state index in [2.05, 4.69) is 16.0 Å². The summed E-state index contributed by atoms with van der Waals surface area (Å²) in [6.07, 6.45) is 2.27. The Balaban J connectivity index is 1.77. The summed E-state index contributed by atoms with van der Waals surface area (Å²) in [5.74, 6) is 0. The molecule has 1 saturated heterocycles. The maximum Gasteiger partial charge on any atom is 0.162 e. The van der Waals surface area contributed by atoms with E-state index in [1.54, 1.807) is 23.9 Å². The third-order valence-corrected chi connectivity index (χ3v) is 4.84. The van der Waals surface area contributed by atoms with Crippen molar-refractivity contribution in [2.24, 2.45) is 0 Å². The van der Waals surface area contributed by atoms with Gasteiger partial charge in [-0.1, -0.05) is 6.07 Å². The molecule has 3 aromatic rings. The van der Waals surface area contributed by atoms with Gasteiger partial charge in [0.2, 0.25) is 0 Å². The molecule has 0 bridgehead atoms. The smallest absolute Gasteiger partial charge is 0.162 e. The topological polar surface area (TPSA) is 80.4 Å². The quantitative estimate of drug-likeness (QED) is 0.770. The van der Waals surface area contributed by atoms with Crippen LogP contribution in [0.3, 0.4) is 0 Å². The highest BCUT2D eigenvalue weighted by Gasteiger charge is 2.35. The summed E-state index contributed by atoms with van der Waals surface area (Å²) in [6.45, 7) is -0.196. The Labute approximate surface area is 130 Å². The summed E-state index contributed by atoms with van der Waals surface area (Å²) >= 11 is 1.66. The van der Waals surface area contributed by atoms with Crippen LogP contribution >= 0.6 is 11.3 Å². The summed E-state index contributed by atoms with van der Waals surface area (Å²) < 4.78 is 7.52. The van der Waals surface area contributed by atoms with Crippen LogP contribution in [0.15, 0.2) is 36.1 Å². The monoisotopic (exact) mass is 317 g/mol. The van der Waals surface area contributed by atoms with Crippen LogP contribution in [0.5, 0.6) is 0 Å². The number of aromatic nitrogens is 3. The van der Waals surface area contributed by atoms with Gasteiger partial charge in [0.05, 0.1) is 19.0 Å². The van der Waals surface area contributed by atoms with E-state index in [1.807, 2.05) is 22.1 Å². The first-order valence-electron chi connectivity index (χ1n) is 7.07. The zero-order chi connectivity index (χ0) is 15.1. The van der Waals surface area contributed by atoms with Crippen molar-refractivity contribution in [3.8, 4) is 10.4 Å². The van der Waals surface area contributed by atoms with Crippen LogP contribution in [-0.2, 0) is 4.74 Å². The van der Waals surface area contributed by atoms with Gasteiger partial charge in [-0.3, -0.25) is 4.57 Å². The predicted molar refractivity (Wildman–Crippen MR) is 82.5 cm³/mol. The fourth-order valence-electron chi connectivity index (χ4n) is 2.83. The molecule has 6 nitrogen and oxygen atoms in total. The number of aliphatic hydroxyl groups excluding tert-OH is 2. The van der Waals surface area contributed by atoms with Gasteiger partial charge in [0, 0.05) is 23.1 Å². The molecule has 0 aliphatic carbocycles. The van der Waals surface area contributed by atoms with Crippen molar-refractivity contribution in [2.75, 3.05) is 6.61 Å². The van der Waals surface area contributed by atoms with E-state index < -0.39 is 12.2 Å². The van der Waals surface area contributed by atoms with Gasteiger partial charge < -0.3 is 14.9 Å². The van der Waals surface area contributed by atoms with Crippen molar-refractivity contribution in [3.05, 3.63) is 36.1 Å². The number of aliphatic hydroxyl groups is 2. The van der Waals surface area contributed by atoms with E-state index in [1.165, 1.54) is 0 Å². The highest BCUT2D eigenvalue weighted by atomic mass is 32.1. The molecule has 2 N–H and O–H groups in total. The fraction of sp³-hybridized carbons (Fsp3) is 0.333. The lowest BCUT2D eigenvalue weighted by molar-refractivity contribution is -0.0432. The van der Waals surface area contributed by atoms with Gasteiger partial charge in [-0.15, -0.1) is 11.3 Å². The Morgan fingerprint density at radius 3 is 3.00 bits per heavy atom. The first-order valence-corrected chi connectivity index (χ1v) is 7.95. The Morgan fingerprint density at radius 2 is 2.27 bits per heavy atom. The molecule has 0 saturated carbocycles. The Morgan fingerprint density at radius 1 is 1.36 bits per heavy atom. The average molecular weight is 317 g/mol. The number of imidazole rings is 1. The standard InChI is InChI=1S/C15H15N3O3S/c19-7-11-10(20)6-13(21-11)18-8-17-14-9(3-4-16-15(14)18)12-2-1-5-22-12/h1-5,8,10-11,13,19-20H,6-7H2/t10?,11-,13-/m1/s1. The van der Waals surface area contributed by atoms with E-state index in [0.29, 0.717) is 6.42 Å². The number of nitrogens with zero attached hydrogens (tertiary/aromatic N) is 3. The molecular weight excluding hydrogens is 302 g/mol. The third-order valence-electron chi connectivity index (χ3n) is 3.94. The SMILES string of the molecule is OC[C@H]1O[C@@H](n2cnc3c(-c4cccs4)ccnc32)CC1O. The Bertz CT molecular complexity index is 787. The van der Waals surface area contributed by atoms with Gasteiger partial charge in [-0.05, 0) is 17.5 Å². The molecule has 4 rings (SSSR count). The van der Waals surface area contributed by atoms with E-state index >= 15 is 0 Å². The highest BCUT2D eigenvalue weighted by molar-refractivity contribution is 7.13. The number of thiophene rings is 1. The van der Waals surface area contributed by atoms with Crippen molar-refractivity contribution in [1.82, 2.24) is 14.5 Å². The average Bonchev–Trinajstić information content (AvgIpc) is 3.25. The normalized spacial score (nSPS) is 25.1. The first kappa shape index (κ1) is 13.8. The van der Waals surface area contributed by atoms with Crippen molar-refractivity contribution < 1.29 is 14.9 Å². The van der Waals surface area contributed by atoms with Gasteiger partial charge in [-0.2, -0.15) is 0 Å². The molecule has 7 heteroatoms. The van der Waals surface area contributed by atoms with Crippen LogP contribution in [0.1, 0.15) is 12.6 Å². The van der Waals surface area contributed by atoms with Gasteiger partial charge in [0.15, 0.2) is 5.65 Å². The molecule has 0 amide bonds. The van der Waals surface area contributed by atoms with Crippen molar-refractivity contribution >= 4 is 22.5 Å². The minimum atomic E-state index is -0.673. The van der Waals surface area contributed by atoms with E-state index in [9.17, 15) is 10.2 Å². The third kappa shape index (κ3) is 2.14. The largest absolute Gasteiger partial charge is 0.394 e. The predicted octanol–water partition coefficient (Wildman–Crippen LogP) is 1.80. The number of fused-ring (bicyclic) bond motifs is 1. The van der Waals surface area contributed by atoms with Crippen molar-refractivity contribution in [1.29, 1.82) is 0 Å². The molecule has 1 aliphatic rings. The molecule has 1 aliphatic heterocycles. The fourth-order valence-corrected chi connectivity index (χ4v) is 3.58. The molecule has 0 spiro atoms. The number of pyridine rings is 1. The molecule has 1 fully saturated rings. The molecule has 3 atom stereocenters. The van der Waals surface area contributed by atoms with Crippen LogP contribution in [0, 0.1) is 0 Å². The molecule has 0 radical (unpaired) electrons. The van der Waals surface area contributed by atoms with E-state index in [0.717, 1.165) is 21.6 Å². The number of hydrogen-bond acceptors (Lipinski definition) is 6. The lowest BCUT2D eigenvalue weighted by atomic mass is 10.2. The Kier molecular flexibility index (Phi) is 3.42. The van der Waals surface area contributed by atoms with E-state index in [4.69, 9.17) is 4.74 Å². The zero-order valence-electron chi connectivity index (χ0n) is 11.7. The molecular formula is C15H15N3O3S. The summed E-state index contributed by atoms with van der Waals surface area (Å²) in [5.41, 5.74) is 2.58. The maximum absolute atomic E-state index is 9.90. The summed E-state index contributed by atoms with van der Waals surface area (Å²) in [5, 5.41) is 21.1. The number of rotatable bonds is 3. The molecule has 3 aromatic heterocycles. The maximum atomic E-state index is 9.90. The number of ether oxygens (including phenoxy) is 1. The summed E-state index contributed by atoms with van der Waals surface area (Å²) in [6, 6.07) is 6.01. The highest BCUT2D eigenvalue weighted by Crippen LogP contribution is 2.34. The minimum Gasteiger partial charge on any atom is -0.394 e. The van der Waals surface area contributed by atoms with Crippen molar-refractivity contribution in [3.63, 3.8) is 0 Å². The molecule has 114 valence electrons. The van der Waals surface area contributed by atoms with Gasteiger partial charge in [-0.25, -0.2) is 9.97 Å². The minimum absolute atomic E-state index is 0.196. The Hall–Kier alpha value is -1.80. The second-order valence-corrected chi connectivity index (χ2v) is 6.22. The molecule has 22 heavy (non-hydrogen) atoms. The van der Waals surface area contributed by atoms with E-state index in [-0.39, 0.29) is 12.8 Å². The van der Waals surface area contributed by atoms with Crippen LogP contribution < -0.4 is 0 Å². The zero-order valence-corrected chi connectivity index (χ0v) is 12.5. The van der Waals surface area contributed by atoms with Crippen LogP contribution in [0.2, 0.25) is 0 Å². The molecule has 0 aromatic carbocycles. The van der Waals surface area contributed by atoms with Gasteiger partial charge in [0.1, 0.15) is 17.8 Å². The molecule has 1 unspecified atom stereocenters. The van der Waals surface area contributed by atoms with Crippen molar-refractivity contribution in [2.45, 2.75) is 24.9 Å². The number of hydrogen-bond donors (Lipinski definition) is 2. The van der Waals surface area contributed by atoms with Crippen LogP contribution in [-0.4, -0.2) is 43.6 Å². The van der Waals surface area contributed by atoms with Gasteiger partial charge in [0.25, 0.3) is 0 Å². The lowest BCUT2D eigenvalue weighted by Gasteiger charge is -2.13. The second-order valence-electron chi connectivity index (χ2n) is 5.27.